The van der Waals surface area contributed by atoms with Crippen LogP contribution in [0.2, 0.25) is 0 Å². The molecule has 0 unspecified atom stereocenters. The number of nitrogens with zero attached hydrogens (tertiary/aromatic N) is 1. The van der Waals surface area contributed by atoms with Crippen LogP contribution in [0.1, 0.15) is 19.8 Å². The number of aromatic nitrogens is 2. The number of rotatable bonds is 7. The molecule has 1 rings (SSSR count). The molecule has 1 heterocycles. The maximum Gasteiger partial charge on any atom is 0.325 e. The molecule has 0 radical (unpaired) electrons. The summed E-state index contributed by atoms with van der Waals surface area (Å²) in [4.78, 5) is 25.9. The van der Waals surface area contributed by atoms with Gasteiger partial charge in [-0.05, 0) is 6.42 Å². The SMILES string of the molecule is CCCCN(CCO)S(=O)(=O)c1c[nH]c(=O)[nH]c1=O. The van der Waals surface area contributed by atoms with E-state index < -0.39 is 26.2 Å². The lowest BCUT2D eigenvalue weighted by molar-refractivity contribution is 0.252. The average Bonchev–Trinajstić information content (AvgIpc) is 2.33. The van der Waals surface area contributed by atoms with Gasteiger partial charge in [-0.3, -0.25) is 9.78 Å². The third-order valence-electron chi connectivity index (χ3n) is 2.51. The van der Waals surface area contributed by atoms with E-state index in [9.17, 15) is 18.0 Å². The van der Waals surface area contributed by atoms with Crippen LogP contribution in [-0.4, -0.2) is 47.5 Å². The highest BCUT2D eigenvalue weighted by molar-refractivity contribution is 7.89. The number of H-pyrrole nitrogens is 2. The van der Waals surface area contributed by atoms with Crippen LogP contribution in [0, 0.1) is 0 Å². The van der Waals surface area contributed by atoms with E-state index in [1.165, 1.54) is 0 Å². The molecule has 0 saturated heterocycles. The molecule has 8 nitrogen and oxygen atoms in total. The summed E-state index contributed by atoms with van der Waals surface area (Å²) in [6.45, 7) is 1.67. The van der Waals surface area contributed by atoms with Gasteiger partial charge >= 0.3 is 5.69 Å². The summed E-state index contributed by atoms with van der Waals surface area (Å²) in [6.07, 6.45) is 2.26. The summed E-state index contributed by atoms with van der Waals surface area (Å²) in [5, 5.41) is 8.91. The van der Waals surface area contributed by atoms with E-state index in [-0.39, 0.29) is 19.7 Å². The summed E-state index contributed by atoms with van der Waals surface area (Å²) in [5.41, 5.74) is -1.74. The fourth-order valence-corrected chi connectivity index (χ4v) is 2.99. The molecule has 0 bridgehead atoms. The number of aromatic amines is 2. The highest BCUT2D eigenvalue weighted by Crippen LogP contribution is 2.10. The highest BCUT2D eigenvalue weighted by atomic mass is 32.2. The first kappa shape index (κ1) is 15.6. The van der Waals surface area contributed by atoms with Crippen molar-refractivity contribution in [3.63, 3.8) is 0 Å². The molecule has 0 amide bonds. The Labute approximate surface area is 110 Å². The van der Waals surface area contributed by atoms with Crippen molar-refractivity contribution in [2.75, 3.05) is 19.7 Å². The van der Waals surface area contributed by atoms with E-state index in [4.69, 9.17) is 5.11 Å². The molecule has 0 atom stereocenters. The molecule has 1 aromatic heterocycles. The third kappa shape index (κ3) is 3.75. The van der Waals surface area contributed by atoms with Crippen LogP contribution in [0.3, 0.4) is 0 Å². The van der Waals surface area contributed by atoms with Crippen molar-refractivity contribution in [3.05, 3.63) is 27.0 Å². The molecule has 0 aromatic carbocycles. The third-order valence-corrected chi connectivity index (χ3v) is 4.42. The highest BCUT2D eigenvalue weighted by Gasteiger charge is 2.26. The van der Waals surface area contributed by atoms with E-state index in [0.29, 0.717) is 6.42 Å². The first-order chi connectivity index (χ1) is 8.93. The quantitative estimate of drug-likeness (QED) is 0.585. The Bertz CT molecular complexity index is 619. The van der Waals surface area contributed by atoms with E-state index in [2.05, 4.69) is 4.98 Å². The van der Waals surface area contributed by atoms with Gasteiger partial charge in [-0.25, -0.2) is 13.2 Å². The van der Waals surface area contributed by atoms with E-state index >= 15 is 0 Å². The van der Waals surface area contributed by atoms with Crippen molar-refractivity contribution in [1.82, 2.24) is 14.3 Å². The molecule has 0 aliphatic rings. The molecule has 0 aliphatic heterocycles. The molecule has 3 N–H and O–H groups in total. The largest absolute Gasteiger partial charge is 0.395 e. The van der Waals surface area contributed by atoms with Gasteiger partial charge < -0.3 is 10.1 Å². The van der Waals surface area contributed by atoms with Crippen LogP contribution in [-0.2, 0) is 10.0 Å². The van der Waals surface area contributed by atoms with E-state index in [0.717, 1.165) is 16.9 Å². The second kappa shape index (κ2) is 6.64. The zero-order valence-corrected chi connectivity index (χ0v) is 11.4. The number of aliphatic hydroxyl groups excluding tert-OH is 1. The Morgan fingerprint density at radius 2 is 2.00 bits per heavy atom. The molecule has 108 valence electrons. The summed E-state index contributed by atoms with van der Waals surface area (Å²) < 4.78 is 25.5. The number of hydrogen-bond acceptors (Lipinski definition) is 5. The van der Waals surface area contributed by atoms with Crippen LogP contribution >= 0.6 is 0 Å². The van der Waals surface area contributed by atoms with E-state index in [1.54, 1.807) is 0 Å². The summed E-state index contributed by atoms with van der Waals surface area (Å²) in [5.74, 6) is 0. The van der Waals surface area contributed by atoms with Gasteiger partial charge in [-0.15, -0.1) is 0 Å². The average molecular weight is 291 g/mol. The van der Waals surface area contributed by atoms with Gasteiger partial charge in [0, 0.05) is 19.3 Å². The number of hydrogen-bond donors (Lipinski definition) is 3. The van der Waals surface area contributed by atoms with Gasteiger partial charge in [0.05, 0.1) is 6.61 Å². The summed E-state index contributed by atoms with van der Waals surface area (Å²) >= 11 is 0. The first-order valence-corrected chi connectivity index (χ1v) is 7.30. The normalized spacial score (nSPS) is 11.9. The van der Waals surface area contributed by atoms with Crippen molar-refractivity contribution >= 4 is 10.0 Å². The van der Waals surface area contributed by atoms with Crippen molar-refractivity contribution in [2.24, 2.45) is 0 Å². The van der Waals surface area contributed by atoms with Gasteiger partial charge in [0.1, 0.15) is 0 Å². The fourth-order valence-electron chi connectivity index (χ4n) is 1.53. The summed E-state index contributed by atoms with van der Waals surface area (Å²) in [7, 11) is -4.02. The molecular formula is C10H17N3O5S. The number of aliphatic hydroxyl groups is 1. The maximum absolute atomic E-state index is 12.2. The first-order valence-electron chi connectivity index (χ1n) is 5.86. The second-order valence-corrected chi connectivity index (χ2v) is 5.82. The minimum Gasteiger partial charge on any atom is -0.395 e. The Morgan fingerprint density at radius 3 is 2.53 bits per heavy atom. The predicted octanol–water partition coefficient (Wildman–Crippen LogP) is -1.15. The number of nitrogens with one attached hydrogen (secondary N) is 2. The molecular weight excluding hydrogens is 274 g/mol. The van der Waals surface area contributed by atoms with Gasteiger partial charge in [0.25, 0.3) is 5.56 Å². The predicted molar refractivity (Wildman–Crippen MR) is 68.4 cm³/mol. The zero-order valence-electron chi connectivity index (χ0n) is 10.5. The Hall–Kier alpha value is -1.45. The van der Waals surface area contributed by atoms with Crippen molar-refractivity contribution in [2.45, 2.75) is 24.7 Å². The number of sulfonamides is 1. The van der Waals surface area contributed by atoms with Crippen molar-refractivity contribution in [3.8, 4) is 0 Å². The monoisotopic (exact) mass is 291 g/mol. The van der Waals surface area contributed by atoms with Crippen LogP contribution < -0.4 is 11.2 Å². The lowest BCUT2D eigenvalue weighted by Crippen LogP contribution is -2.38. The van der Waals surface area contributed by atoms with Crippen molar-refractivity contribution in [1.29, 1.82) is 0 Å². The van der Waals surface area contributed by atoms with Crippen LogP contribution in [0.5, 0.6) is 0 Å². The molecule has 9 heteroatoms. The van der Waals surface area contributed by atoms with Gasteiger partial charge in [0.15, 0.2) is 4.90 Å². The van der Waals surface area contributed by atoms with E-state index in [1.807, 2.05) is 11.9 Å². The van der Waals surface area contributed by atoms with Crippen molar-refractivity contribution < 1.29 is 13.5 Å². The molecule has 0 spiro atoms. The fraction of sp³-hybridized carbons (Fsp3) is 0.600. The smallest absolute Gasteiger partial charge is 0.325 e. The molecule has 0 aliphatic carbocycles. The minimum atomic E-state index is -4.02. The van der Waals surface area contributed by atoms with Gasteiger partial charge in [-0.1, -0.05) is 13.3 Å². The molecule has 1 aromatic rings. The lowest BCUT2D eigenvalue weighted by Gasteiger charge is -2.20. The van der Waals surface area contributed by atoms with Crippen LogP contribution in [0.4, 0.5) is 0 Å². The second-order valence-electron chi connectivity index (χ2n) is 3.92. The van der Waals surface area contributed by atoms with Gasteiger partial charge in [0.2, 0.25) is 10.0 Å². The topological polar surface area (TPSA) is 123 Å². The molecule has 0 fully saturated rings. The Morgan fingerprint density at radius 1 is 1.32 bits per heavy atom. The standard InChI is InChI=1S/C10H17N3O5S/c1-2-3-4-13(5-6-14)19(17,18)8-7-11-10(16)12-9(8)15/h7,14H,2-6H2,1H3,(H2,11,12,15,16). The molecule has 19 heavy (non-hydrogen) atoms. The van der Waals surface area contributed by atoms with Crippen LogP contribution in [0.25, 0.3) is 0 Å². The maximum atomic E-state index is 12.2. The number of unbranched alkanes of at least 4 members (excludes halogenated alkanes) is 1. The minimum absolute atomic E-state index is 0.0963. The zero-order chi connectivity index (χ0) is 14.5. The molecule has 0 saturated carbocycles. The van der Waals surface area contributed by atoms with Gasteiger partial charge in [-0.2, -0.15) is 4.31 Å². The van der Waals surface area contributed by atoms with Crippen LogP contribution in [0.15, 0.2) is 20.7 Å². The lowest BCUT2D eigenvalue weighted by atomic mass is 10.3. The Balaban J connectivity index is 3.18. The summed E-state index contributed by atoms with van der Waals surface area (Å²) in [6, 6.07) is 0. The Kier molecular flexibility index (Phi) is 5.45.